The molecule has 0 spiro atoms. The molecular formula is C10H21N. The zero-order chi connectivity index (χ0) is 8.27. The number of hydrogen-bond acceptors (Lipinski definition) is 1. The van der Waals surface area contributed by atoms with Gasteiger partial charge in [0.05, 0.1) is 0 Å². The van der Waals surface area contributed by atoms with Crippen molar-refractivity contribution in [2.45, 2.75) is 52.0 Å². The van der Waals surface area contributed by atoms with Crippen LogP contribution in [0.4, 0.5) is 0 Å². The lowest BCUT2D eigenvalue weighted by Crippen LogP contribution is -2.28. The Labute approximate surface area is 70.4 Å². The molecule has 1 aliphatic rings. The minimum atomic E-state index is 0.507. The zero-order valence-corrected chi connectivity index (χ0v) is 7.84. The van der Waals surface area contributed by atoms with Crippen molar-refractivity contribution in [1.29, 1.82) is 0 Å². The fourth-order valence-electron chi connectivity index (χ4n) is 2.21. The average molecular weight is 155 g/mol. The van der Waals surface area contributed by atoms with E-state index in [1.54, 1.807) is 0 Å². The summed E-state index contributed by atoms with van der Waals surface area (Å²) in [6.45, 7) is 4.61. The second kappa shape index (κ2) is 4.10. The van der Waals surface area contributed by atoms with Crippen LogP contribution in [-0.2, 0) is 0 Å². The van der Waals surface area contributed by atoms with Gasteiger partial charge in [-0.3, -0.25) is 0 Å². The quantitative estimate of drug-likeness (QED) is 0.651. The van der Waals surface area contributed by atoms with Gasteiger partial charge in [-0.1, -0.05) is 26.7 Å². The fourth-order valence-corrected chi connectivity index (χ4v) is 2.21. The summed E-state index contributed by atoms with van der Waals surface area (Å²) in [4.78, 5) is 0. The first-order valence-electron chi connectivity index (χ1n) is 4.94. The number of rotatable bonds is 2. The lowest BCUT2D eigenvalue weighted by Gasteiger charge is -2.27. The molecule has 0 aromatic rings. The van der Waals surface area contributed by atoms with Crippen LogP contribution < -0.4 is 5.73 Å². The normalized spacial score (nSPS) is 32.7. The van der Waals surface area contributed by atoms with Crippen molar-refractivity contribution in [3.05, 3.63) is 0 Å². The second-order valence-electron chi connectivity index (χ2n) is 4.42. The Balaban J connectivity index is 2.23. The summed E-state index contributed by atoms with van der Waals surface area (Å²) in [5.41, 5.74) is 5.90. The molecule has 1 aliphatic carbocycles. The van der Waals surface area contributed by atoms with Gasteiger partial charge < -0.3 is 5.73 Å². The highest BCUT2D eigenvalue weighted by atomic mass is 14.6. The van der Waals surface area contributed by atoms with Crippen molar-refractivity contribution < 1.29 is 0 Å². The van der Waals surface area contributed by atoms with E-state index < -0.39 is 0 Å². The first kappa shape index (κ1) is 9.05. The molecule has 0 radical (unpaired) electrons. The van der Waals surface area contributed by atoms with Crippen LogP contribution in [0.3, 0.4) is 0 Å². The fraction of sp³-hybridized carbons (Fsp3) is 1.00. The number of hydrogen-bond donors (Lipinski definition) is 1. The maximum atomic E-state index is 5.90. The van der Waals surface area contributed by atoms with Crippen LogP contribution in [-0.4, -0.2) is 6.04 Å². The molecule has 0 saturated heterocycles. The predicted molar refractivity (Wildman–Crippen MR) is 49.4 cm³/mol. The maximum absolute atomic E-state index is 5.90. The van der Waals surface area contributed by atoms with E-state index in [4.69, 9.17) is 5.73 Å². The van der Waals surface area contributed by atoms with E-state index in [-0.39, 0.29) is 0 Å². The standard InChI is InChI=1S/C10H21N/c1-8(2)6-9-4-3-5-10(11)7-9/h8-10H,3-7,11H2,1-2H3. The molecule has 1 heteroatoms. The molecule has 0 aromatic carbocycles. The average Bonchev–Trinajstić information content (AvgIpc) is 1.85. The van der Waals surface area contributed by atoms with E-state index in [9.17, 15) is 0 Å². The van der Waals surface area contributed by atoms with E-state index in [1.807, 2.05) is 0 Å². The summed E-state index contributed by atoms with van der Waals surface area (Å²) in [7, 11) is 0. The maximum Gasteiger partial charge on any atom is 0.00414 e. The molecule has 1 rings (SSSR count). The van der Waals surface area contributed by atoms with Gasteiger partial charge in [-0.05, 0) is 31.1 Å². The molecule has 1 saturated carbocycles. The lowest BCUT2D eigenvalue weighted by molar-refractivity contribution is 0.280. The summed E-state index contributed by atoms with van der Waals surface area (Å²) in [6.07, 6.45) is 6.70. The van der Waals surface area contributed by atoms with Crippen LogP contribution >= 0.6 is 0 Å². The summed E-state index contributed by atoms with van der Waals surface area (Å²) in [5, 5.41) is 0. The Kier molecular flexibility index (Phi) is 3.38. The third-order valence-corrected chi connectivity index (χ3v) is 2.63. The third kappa shape index (κ3) is 3.24. The molecule has 66 valence electrons. The van der Waals surface area contributed by atoms with Gasteiger partial charge in [-0.2, -0.15) is 0 Å². The van der Waals surface area contributed by atoms with Gasteiger partial charge in [-0.15, -0.1) is 0 Å². The first-order valence-corrected chi connectivity index (χ1v) is 4.94. The van der Waals surface area contributed by atoms with Gasteiger partial charge in [0.1, 0.15) is 0 Å². The molecule has 1 nitrogen and oxygen atoms in total. The van der Waals surface area contributed by atoms with E-state index in [0.717, 1.165) is 11.8 Å². The molecule has 0 bridgehead atoms. The Morgan fingerprint density at radius 2 is 2.09 bits per heavy atom. The van der Waals surface area contributed by atoms with Crippen LogP contribution in [0, 0.1) is 11.8 Å². The largest absolute Gasteiger partial charge is 0.328 e. The van der Waals surface area contributed by atoms with Crippen LogP contribution in [0.15, 0.2) is 0 Å². The summed E-state index contributed by atoms with van der Waals surface area (Å²) in [6, 6.07) is 0.507. The van der Waals surface area contributed by atoms with Gasteiger partial charge in [-0.25, -0.2) is 0 Å². The highest BCUT2D eigenvalue weighted by molar-refractivity contribution is 4.75. The molecule has 0 aliphatic heterocycles. The zero-order valence-electron chi connectivity index (χ0n) is 7.84. The van der Waals surface area contributed by atoms with Crippen molar-refractivity contribution in [3.63, 3.8) is 0 Å². The minimum absolute atomic E-state index is 0.507. The van der Waals surface area contributed by atoms with Gasteiger partial charge in [0.25, 0.3) is 0 Å². The van der Waals surface area contributed by atoms with Crippen LogP contribution in [0.25, 0.3) is 0 Å². The Bertz CT molecular complexity index is 107. The first-order chi connectivity index (χ1) is 5.18. The molecule has 11 heavy (non-hydrogen) atoms. The molecule has 2 atom stereocenters. The van der Waals surface area contributed by atoms with E-state index in [1.165, 1.54) is 32.1 Å². The summed E-state index contributed by atoms with van der Waals surface area (Å²) in [5.74, 6) is 1.78. The minimum Gasteiger partial charge on any atom is -0.328 e. The third-order valence-electron chi connectivity index (χ3n) is 2.63. The summed E-state index contributed by atoms with van der Waals surface area (Å²) >= 11 is 0. The van der Waals surface area contributed by atoms with Crippen molar-refractivity contribution in [2.24, 2.45) is 17.6 Å². The molecule has 0 aromatic heterocycles. The van der Waals surface area contributed by atoms with E-state index in [2.05, 4.69) is 13.8 Å². The highest BCUT2D eigenvalue weighted by Gasteiger charge is 2.19. The van der Waals surface area contributed by atoms with Crippen LogP contribution in [0.5, 0.6) is 0 Å². The van der Waals surface area contributed by atoms with Crippen molar-refractivity contribution >= 4 is 0 Å². The van der Waals surface area contributed by atoms with Crippen molar-refractivity contribution in [3.8, 4) is 0 Å². The molecule has 0 amide bonds. The Morgan fingerprint density at radius 3 is 2.64 bits per heavy atom. The van der Waals surface area contributed by atoms with Crippen LogP contribution in [0.2, 0.25) is 0 Å². The highest BCUT2D eigenvalue weighted by Crippen LogP contribution is 2.28. The lowest BCUT2D eigenvalue weighted by atomic mass is 9.81. The molecular weight excluding hydrogens is 134 g/mol. The number of nitrogens with two attached hydrogens (primary N) is 1. The SMILES string of the molecule is CC(C)CC1CCCC(N)C1. The Morgan fingerprint density at radius 1 is 1.36 bits per heavy atom. The monoisotopic (exact) mass is 155 g/mol. The summed E-state index contributed by atoms with van der Waals surface area (Å²) < 4.78 is 0. The molecule has 0 heterocycles. The van der Waals surface area contributed by atoms with Gasteiger partial charge in [0.15, 0.2) is 0 Å². The Hall–Kier alpha value is -0.0400. The van der Waals surface area contributed by atoms with Crippen molar-refractivity contribution in [1.82, 2.24) is 0 Å². The van der Waals surface area contributed by atoms with Gasteiger partial charge in [0.2, 0.25) is 0 Å². The smallest absolute Gasteiger partial charge is 0.00414 e. The van der Waals surface area contributed by atoms with Crippen molar-refractivity contribution in [2.75, 3.05) is 0 Å². The predicted octanol–water partition coefficient (Wildman–Crippen LogP) is 2.55. The topological polar surface area (TPSA) is 26.0 Å². The molecule has 1 fully saturated rings. The van der Waals surface area contributed by atoms with E-state index in [0.29, 0.717) is 6.04 Å². The van der Waals surface area contributed by atoms with E-state index >= 15 is 0 Å². The second-order valence-corrected chi connectivity index (χ2v) is 4.42. The molecule has 2 N–H and O–H groups in total. The van der Waals surface area contributed by atoms with Crippen LogP contribution in [0.1, 0.15) is 46.0 Å². The van der Waals surface area contributed by atoms with Gasteiger partial charge in [0, 0.05) is 6.04 Å². The molecule has 2 unspecified atom stereocenters. The van der Waals surface area contributed by atoms with Gasteiger partial charge >= 0.3 is 0 Å².